The van der Waals surface area contributed by atoms with Crippen molar-refractivity contribution in [3.63, 3.8) is 0 Å². The first-order valence-electron chi connectivity index (χ1n) is 6.09. The third-order valence-electron chi connectivity index (χ3n) is 2.85. The van der Waals surface area contributed by atoms with Crippen LogP contribution in [0.1, 0.15) is 5.56 Å². The molecule has 0 spiro atoms. The van der Waals surface area contributed by atoms with Crippen LogP contribution < -0.4 is 5.73 Å². The van der Waals surface area contributed by atoms with E-state index in [-0.39, 0.29) is 0 Å². The maximum Gasteiger partial charge on any atom is 0.181 e. The van der Waals surface area contributed by atoms with Gasteiger partial charge in [-0.05, 0) is 24.6 Å². The molecule has 5 nitrogen and oxygen atoms in total. The van der Waals surface area contributed by atoms with Crippen molar-refractivity contribution in [3.8, 4) is 0 Å². The molecule has 0 saturated heterocycles. The zero-order chi connectivity index (χ0) is 13.9. The summed E-state index contributed by atoms with van der Waals surface area (Å²) in [5.41, 5.74) is 8.24. The fourth-order valence-corrected chi connectivity index (χ4v) is 3.26. The number of imidazole rings is 1. The van der Waals surface area contributed by atoms with Gasteiger partial charge >= 0.3 is 0 Å². The van der Waals surface area contributed by atoms with E-state index < -0.39 is 0 Å². The van der Waals surface area contributed by atoms with Crippen molar-refractivity contribution in [2.45, 2.75) is 16.3 Å². The molecule has 0 unspecified atom stereocenters. The van der Waals surface area contributed by atoms with Crippen LogP contribution in [0.5, 0.6) is 0 Å². The van der Waals surface area contributed by atoms with Gasteiger partial charge in [0.25, 0.3) is 0 Å². The molecule has 0 aliphatic carbocycles. The summed E-state index contributed by atoms with van der Waals surface area (Å²) >= 11 is 7.81. The van der Waals surface area contributed by atoms with Gasteiger partial charge in [-0.3, -0.25) is 0 Å². The third-order valence-corrected chi connectivity index (χ3v) is 4.47. The summed E-state index contributed by atoms with van der Waals surface area (Å²) in [5, 5.41) is 1.51. The molecule has 0 fully saturated rings. The first-order valence-corrected chi connectivity index (χ1v) is 7.28. The molecule has 0 aliphatic rings. The van der Waals surface area contributed by atoms with Gasteiger partial charge < -0.3 is 10.7 Å². The lowest BCUT2D eigenvalue weighted by Crippen LogP contribution is -2.04. The van der Waals surface area contributed by atoms with Crippen LogP contribution in [0.2, 0.25) is 5.02 Å². The monoisotopic (exact) mass is 305 g/mol. The Balaban J connectivity index is 2.05. The summed E-state index contributed by atoms with van der Waals surface area (Å²) in [6, 6.07) is 5.84. The molecular formula is C13H12ClN5S. The molecule has 0 bridgehead atoms. The highest BCUT2D eigenvalue weighted by atomic mass is 35.5. The topological polar surface area (TPSA) is 80.5 Å². The Bertz CT molecular complexity index is 742. The molecule has 0 saturated carbocycles. The van der Waals surface area contributed by atoms with Crippen molar-refractivity contribution < 1.29 is 0 Å². The Hall–Kier alpha value is -1.63. The second-order valence-corrected chi connectivity index (χ2v) is 5.56. The minimum Gasteiger partial charge on any atom is -0.341 e. The Morgan fingerprint density at radius 1 is 1.25 bits per heavy atom. The first kappa shape index (κ1) is 13.4. The fraction of sp³-hybridized carbons (Fsp3) is 0.154. The van der Waals surface area contributed by atoms with Crippen molar-refractivity contribution in [1.82, 2.24) is 19.9 Å². The Kier molecular flexibility index (Phi) is 3.86. The minimum atomic E-state index is 0.581. The molecule has 1 aromatic carbocycles. The average Bonchev–Trinajstić information content (AvgIpc) is 2.92. The number of aromatic amines is 1. The summed E-state index contributed by atoms with van der Waals surface area (Å²) in [6.45, 7) is 0.581. The quantitative estimate of drug-likeness (QED) is 0.724. The number of nitrogens with two attached hydrogens (primary N) is 1. The van der Waals surface area contributed by atoms with Gasteiger partial charge in [0.1, 0.15) is 16.9 Å². The van der Waals surface area contributed by atoms with E-state index >= 15 is 0 Å². The van der Waals surface area contributed by atoms with Crippen LogP contribution >= 0.6 is 23.4 Å². The summed E-state index contributed by atoms with van der Waals surface area (Å²) in [6.07, 6.45) is 3.89. The number of nitrogens with zero attached hydrogens (tertiary/aromatic N) is 3. The molecule has 3 rings (SSSR count). The van der Waals surface area contributed by atoms with Crippen LogP contribution in [0.25, 0.3) is 11.2 Å². The normalized spacial score (nSPS) is 11.1. The molecule has 2 heterocycles. The van der Waals surface area contributed by atoms with Crippen molar-refractivity contribution in [2.75, 3.05) is 6.54 Å². The van der Waals surface area contributed by atoms with E-state index in [1.165, 1.54) is 18.1 Å². The number of rotatable bonds is 4. The van der Waals surface area contributed by atoms with E-state index in [4.69, 9.17) is 17.3 Å². The molecule has 2 aromatic heterocycles. The number of benzene rings is 1. The van der Waals surface area contributed by atoms with E-state index in [9.17, 15) is 0 Å². The number of fused-ring (bicyclic) bond motifs is 1. The standard InChI is InChI=1S/C13H12ClN5S/c14-9-3-1-2-8(4-5-15)11(9)20-13-10-12(17-6-16-10)18-7-19-13/h1-3,6-7H,4-5,15H2,(H,16,17,18,19). The van der Waals surface area contributed by atoms with Crippen molar-refractivity contribution in [2.24, 2.45) is 5.73 Å². The maximum absolute atomic E-state index is 6.31. The minimum absolute atomic E-state index is 0.581. The molecule has 0 atom stereocenters. The molecule has 0 amide bonds. The highest BCUT2D eigenvalue weighted by molar-refractivity contribution is 7.99. The Morgan fingerprint density at radius 2 is 2.15 bits per heavy atom. The first-order chi connectivity index (χ1) is 9.79. The number of aromatic nitrogens is 4. The number of hydrogen-bond acceptors (Lipinski definition) is 5. The van der Waals surface area contributed by atoms with Gasteiger partial charge in [-0.1, -0.05) is 35.5 Å². The summed E-state index contributed by atoms with van der Waals surface area (Å²) < 4.78 is 0. The van der Waals surface area contributed by atoms with E-state index in [0.717, 1.165) is 27.4 Å². The molecule has 0 aliphatic heterocycles. The van der Waals surface area contributed by atoms with E-state index in [2.05, 4.69) is 19.9 Å². The van der Waals surface area contributed by atoms with Gasteiger partial charge in [-0.25, -0.2) is 15.0 Å². The summed E-state index contributed by atoms with van der Waals surface area (Å²) in [5.74, 6) is 0. The average molecular weight is 306 g/mol. The van der Waals surface area contributed by atoms with Gasteiger partial charge in [0.15, 0.2) is 5.65 Å². The van der Waals surface area contributed by atoms with Crippen LogP contribution in [-0.2, 0) is 6.42 Å². The lowest BCUT2D eigenvalue weighted by molar-refractivity contribution is 0.943. The van der Waals surface area contributed by atoms with Gasteiger partial charge in [0.05, 0.1) is 11.3 Å². The smallest absolute Gasteiger partial charge is 0.181 e. The zero-order valence-electron chi connectivity index (χ0n) is 10.5. The second-order valence-electron chi connectivity index (χ2n) is 4.15. The summed E-state index contributed by atoms with van der Waals surface area (Å²) in [4.78, 5) is 16.6. The predicted octanol–water partition coefficient (Wildman–Crippen LogP) is 2.66. The molecule has 20 heavy (non-hydrogen) atoms. The zero-order valence-corrected chi connectivity index (χ0v) is 12.1. The molecule has 102 valence electrons. The second kappa shape index (κ2) is 5.78. The van der Waals surface area contributed by atoms with E-state index in [0.29, 0.717) is 17.2 Å². The largest absolute Gasteiger partial charge is 0.341 e. The molecular weight excluding hydrogens is 294 g/mol. The number of H-pyrrole nitrogens is 1. The Morgan fingerprint density at radius 3 is 3.00 bits per heavy atom. The van der Waals surface area contributed by atoms with Gasteiger partial charge in [0, 0.05) is 4.90 Å². The maximum atomic E-state index is 6.31. The predicted molar refractivity (Wildman–Crippen MR) is 80.0 cm³/mol. The number of halogens is 1. The van der Waals surface area contributed by atoms with Crippen LogP contribution in [-0.4, -0.2) is 26.5 Å². The fourth-order valence-electron chi connectivity index (χ4n) is 1.94. The van der Waals surface area contributed by atoms with Crippen LogP contribution in [0.15, 0.2) is 40.8 Å². The lowest BCUT2D eigenvalue weighted by Gasteiger charge is -2.10. The van der Waals surface area contributed by atoms with Crippen molar-refractivity contribution in [3.05, 3.63) is 41.4 Å². The van der Waals surface area contributed by atoms with E-state index in [1.807, 2.05) is 18.2 Å². The highest BCUT2D eigenvalue weighted by Crippen LogP contribution is 2.37. The summed E-state index contributed by atoms with van der Waals surface area (Å²) in [7, 11) is 0. The van der Waals surface area contributed by atoms with Crippen molar-refractivity contribution in [1.29, 1.82) is 0 Å². The van der Waals surface area contributed by atoms with Crippen molar-refractivity contribution >= 4 is 34.5 Å². The van der Waals surface area contributed by atoms with Crippen LogP contribution in [0.4, 0.5) is 0 Å². The highest BCUT2D eigenvalue weighted by Gasteiger charge is 2.13. The lowest BCUT2D eigenvalue weighted by atomic mass is 10.1. The molecule has 3 N–H and O–H groups in total. The number of hydrogen-bond donors (Lipinski definition) is 2. The molecule has 7 heteroatoms. The van der Waals surface area contributed by atoms with Gasteiger partial charge in [-0.2, -0.15) is 0 Å². The number of nitrogens with one attached hydrogen (secondary N) is 1. The SMILES string of the molecule is NCCc1cccc(Cl)c1Sc1ncnc2nc[nH]c12. The van der Waals surface area contributed by atoms with Crippen LogP contribution in [0, 0.1) is 0 Å². The molecule has 3 aromatic rings. The van der Waals surface area contributed by atoms with E-state index in [1.54, 1.807) is 6.33 Å². The van der Waals surface area contributed by atoms with Gasteiger partial charge in [-0.15, -0.1) is 0 Å². The third kappa shape index (κ3) is 2.49. The van der Waals surface area contributed by atoms with Crippen LogP contribution in [0.3, 0.4) is 0 Å². The molecule has 0 radical (unpaired) electrons. The van der Waals surface area contributed by atoms with Gasteiger partial charge in [0.2, 0.25) is 0 Å². The Labute approximate surface area is 125 Å².